The fraction of sp³-hybridized carbons (Fsp3) is 0.700. The number of aromatic nitrogens is 2. The van der Waals surface area contributed by atoms with Crippen LogP contribution in [-0.2, 0) is 0 Å². The molecule has 0 spiro atoms. The number of nitrogens with two attached hydrogens (primary N) is 1. The summed E-state index contributed by atoms with van der Waals surface area (Å²) in [7, 11) is 0. The van der Waals surface area contributed by atoms with Crippen LogP contribution in [0.1, 0.15) is 38.3 Å². The van der Waals surface area contributed by atoms with Crippen molar-refractivity contribution in [3.8, 4) is 0 Å². The minimum Gasteiger partial charge on any atom is -0.396 e. The molecule has 4 N–H and O–H groups in total. The Hall–Kier alpha value is -1.03. The summed E-state index contributed by atoms with van der Waals surface area (Å²) in [5, 5.41) is 10.5. The molecule has 78 valence electrons. The number of hydrogen-bond acceptors (Lipinski definition) is 3. The van der Waals surface area contributed by atoms with Gasteiger partial charge in [0.25, 0.3) is 0 Å². The van der Waals surface area contributed by atoms with Crippen molar-refractivity contribution >= 4 is 5.69 Å². The lowest BCUT2D eigenvalue weighted by atomic mass is 9.86. The maximum Gasteiger partial charge on any atom is 0.0733 e. The monoisotopic (exact) mass is 194 g/mol. The number of rotatable bonds is 1. The summed E-state index contributed by atoms with van der Waals surface area (Å²) < 4.78 is 0. The minimum atomic E-state index is 0.531. The summed E-state index contributed by atoms with van der Waals surface area (Å²) in [6.07, 6.45) is 3.97. The number of hydrogen-bond donors (Lipinski definition) is 3. The molecule has 1 saturated heterocycles. The molecule has 0 radical (unpaired) electrons. The largest absolute Gasteiger partial charge is 0.396 e. The minimum absolute atomic E-state index is 0.531. The molecule has 2 unspecified atom stereocenters. The Morgan fingerprint density at radius 3 is 2.50 bits per heavy atom. The van der Waals surface area contributed by atoms with Crippen molar-refractivity contribution < 1.29 is 0 Å². The Kier molecular flexibility index (Phi) is 2.46. The van der Waals surface area contributed by atoms with E-state index in [-0.39, 0.29) is 0 Å². The van der Waals surface area contributed by atoms with Gasteiger partial charge in [0.05, 0.1) is 17.6 Å². The second-order valence-electron chi connectivity index (χ2n) is 4.38. The van der Waals surface area contributed by atoms with Gasteiger partial charge in [-0.05, 0) is 26.7 Å². The molecule has 0 bridgehead atoms. The zero-order valence-corrected chi connectivity index (χ0v) is 8.75. The van der Waals surface area contributed by atoms with Crippen LogP contribution < -0.4 is 11.1 Å². The molecule has 2 rings (SSSR count). The second-order valence-corrected chi connectivity index (χ2v) is 4.38. The van der Waals surface area contributed by atoms with E-state index >= 15 is 0 Å². The van der Waals surface area contributed by atoms with E-state index in [0.29, 0.717) is 18.0 Å². The molecule has 0 amide bonds. The molecule has 1 aromatic heterocycles. The van der Waals surface area contributed by atoms with Gasteiger partial charge >= 0.3 is 0 Å². The van der Waals surface area contributed by atoms with Gasteiger partial charge in [0, 0.05) is 18.0 Å². The molecular formula is C10H18N4. The molecule has 4 nitrogen and oxygen atoms in total. The van der Waals surface area contributed by atoms with E-state index in [2.05, 4.69) is 29.4 Å². The highest BCUT2D eigenvalue weighted by Crippen LogP contribution is 2.31. The molecule has 1 fully saturated rings. The van der Waals surface area contributed by atoms with Gasteiger partial charge in [-0.15, -0.1) is 0 Å². The highest BCUT2D eigenvalue weighted by Gasteiger charge is 2.26. The van der Waals surface area contributed by atoms with Gasteiger partial charge in [-0.1, -0.05) is 0 Å². The summed E-state index contributed by atoms with van der Waals surface area (Å²) in [4.78, 5) is 0. The normalized spacial score (nSPS) is 33.1. The maximum absolute atomic E-state index is 5.85. The summed E-state index contributed by atoms with van der Waals surface area (Å²) in [6, 6.07) is 1.12. The van der Waals surface area contributed by atoms with E-state index < -0.39 is 0 Å². The zero-order valence-electron chi connectivity index (χ0n) is 8.75. The van der Waals surface area contributed by atoms with Gasteiger partial charge < -0.3 is 11.1 Å². The van der Waals surface area contributed by atoms with Crippen molar-refractivity contribution in [3.63, 3.8) is 0 Å². The van der Waals surface area contributed by atoms with E-state index in [0.717, 1.165) is 24.2 Å². The SMILES string of the molecule is CC1CC(c2[nH]ncc2N)CC(C)N1. The highest BCUT2D eigenvalue weighted by atomic mass is 15.1. The Labute approximate surface area is 84.3 Å². The van der Waals surface area contributed by atoms with Crippen LogP contribution in [0.3, 0.4) is 0 Å². The Bertz CT molecular complexity index is 297. The quantitative estimate of drug-likeness (QED) is 0.630. The van der Waals surface area contributed by atoms with Crippen molar-refractivity contribution in [2.45, 2.75) is 44.7 Å². The Morgan fingerprint density at radius 1 is 1.36 bits per heavy atom. The van der Waals surface area contributed by atoms with Crippen molar-refractivity contribution in [3.05, 3.63) is 11.9 Å². The number of nitrogens with one attached hydrogen (secondary N) is 2. The number of anilines is 1. The zero-order chi connectivity index (χ0) is 10.1. The highest BCUT2D eigenvalue weighted by molar-refractivity contribution is 5.42. The van der Waals surface area contributed by atoms with Crippen LogP contribution in [0.25, 0.3) is 0 Å². The van der Waals surface area contributed by atoms with Gasteiger partial charge in [-0.2, -0.15) is 5.10 Å². The van der Waals surface area contributed by atoms with Crippen LogP contribution in [0, 0.1) is 0 Å². The van der Waals surface area contributed by atoms with E-state index in [9.17, 15) is 0 Å². The summed E-state index contributed by atoms with van der Waals surface area (Å²) in [6.45, 7) is 4.43. The Balaban J connectivity index is 2.15. The van der Waals surface area contributed by atoms with Gasteiger partial charge in [0.2, 0.25) is 0 Å². The molecule has 1 aliphatic rings. The topological polar surface area (TPSA) is 66.7 Å². The fourth-order valence-corrected chi connectivity index (χ4v) is 2.44. The number of nitrogen functional groups attached to an aromatic ring is 1. The third-order valence-electron chi connectivity index (χ3n) is 2.95. The molecule has 1 aliphatic heterocycles. The predicted molar refractivity (Wildman–Crippen MR) is 57.0 cm³/mol. The van der Waals surface area contributed by atoms with E-state index in [4.69, 9.17) is 5.73 Å². The van der Waals surface area contributed by atoms with Crippen LogP contribution in [0.4, 0.5) is 5.69 Å². The van der Waals surface area contributed by atoms with E-state index in [1.165, 1.54) is 0 Å². The maximum atomic E-state index is 5.85. The lowest BCUT2D eigenvalue weighted by Gasteiger charge is -2.32. The summed E-state index contributed by atoms with van der Waals surface area (Å²) in [5.74, 6) is 0.531. The molecule has 1 aromatic rings. The fourth-order valence-electron chi connectivity index (χ4n) is 2.44. The van der Waals surface area contributed by atoms with Crippen molar-refractivity contribution in [2.24, 2.45) is 0 Å². The number of H-pyrrole nitrogens is 1. The molecule has 2 atom stereocenters. The number of piperidine rings is 1. The molecular weight excluding hydrogens is 176 g/mol. The lowest BCUT2D eigenvalue weighted by molar-refractivity contribution is 0.314. The molecule has 0 saturated carbocycles. The molecule has 4 heteroatoms. The third-order valence-corrected chi connectivity index (χ3v) is 2.95. The molecule has 14 heavy (non-hydrogen) atoms. The van der Waals surface area contributed by atoms with Gasteiger partial charge in [-0.3, -0.25) is 5.10 Å². The van der Waals surface area contributed by atoms with Crippen LogP contribution in [-0.4, -0.2) is 22.3 Å². The van der Waals surface area contributed by atoms with Crippen molar-refractivity contribution in [1.29, 1.82) is 0 Å². The van der Waals surface area contributed by atoms with Gasteiger partial charge in [0.15, 0.2) is 0 Å². The van der Waals surface area contributed by atoms with E-state index in [1.54, 1.807) is 6.20 Å². The molecule has 0 aromatic carbocycles. The summed E-state index contributed by atoms with van der Waals surface area (Å²) in [5.41, 5.74) is 7.77. The second kappa shape index (κ2) is 3.61. The van der Waals surface area contributed by atoms with Crippen molar-refractivity contribution in [2.75, 3.05) is 5.73 Å². The molecule has 0 aliphatic carbocycles. The average molecular weight is 194 g/mol. The average Bonchev–Trinajstić information content (AvgIpc) is 2.49. The van der Waals surface area contributed by atoms with Gasteiger partial charge in [0.1, 0.15) is 0 Å². The Morgan fingerprint density at radius 2 is 2.00 bits per heavy atom. The van der Waals surface area contributed by atoms with Crippen LogP contribution in [0.5, 0.6) is 0 Å². The first kappa shape index (κ1) is 9.52. The summed E-state index contributed by atoms with van der Waals surface area (Å²) >= 11 is 0. The number of aromatic amines is 1. The van der Waals surface area contributed by atoms with E-state index in [1.807, 2.05) is 0 Å². The van der Waals surface area contributed by atoms with Crippen LogP contribution in [0.2, 0.25) is 0 Å². The molecule has 2 heterocycles. The predicted octanol–water partition coefficient (Wildman–Crippen LogP) is 1.24. The van der Waals surface area contributed by atoms with Crippen LogP contribution >= 0.6 is 0 Å². The first-order valence-corrected chi connectivity index (χ1v) is 5.21. The standard InChI is InChI=1S/C10H18N4/c1-6-3-8(4-7(2)13-6)10-9(11)5-12-14-10/h5-8,13H,3-4,11H2,1-2H3,(H,12,14). The van der Waals surface area contributed by atoms with Crippen molar-refractivity contribution in [1.82, 2.24) is 15.5 Å². The smallest absolute Gasteiger partial charge is 0.0733 e. The first-order valence-electron chi connectivity index (χ1n) is 5.21. The van der Waals surface area contributed by atoms with Crippen LogP contribution in [0.15, 0.2) is 6.20 Å². The number of nitrogens with zero attached hydrogens (tertiary/aromatic N) is 1. The van der Waals surface area contributed by atoms with Gasteiger partial charge in [-0.25, -0.2) is 0 Å². The lowest BCUT2D eigenvalue weighted by Crippen LogP contribution is -2.41. The third kappa shape index (κ3) is 1.75. The first-order chi connectivity index (χ1) is 6.66.